The summed E-state index contributed by atoms with van der Waals surface area (Å²) in [7, 11) is 0. The van der Waals surface area contributed by atoms with Crippen LogP contribution < -0.4 is 5.32 Å². The first-order chi connectivity index (χ1) is 11.4. The van der Waals surface area contributed by atoms with Gasteiger partial charge in [-0.15, -0.1) is 0 Å². The highest BCUT2D eigenvalue weighted by Gasteiger charge is 2.18. The summed E-state index contributed by atoms with van der Waals surface area (Å²) in [6.07, 6.45) is 1.05. The lowest BCUT2D eigenvalue weighted by Crippen LogP contribution is -2.05. The van der Waals surface area contributed by atoms with Gasteiger partial charge >= 0.3 is 0 Å². The lowest BCUT2D eigenvalue weighted by molar-refractivity contribution is 0.0997. The molecule has 2 aromatic carbocycles. The number of nitrogens with zero attached hydrogens (tertiary/aromatic N) is 1. The highest BCUT2D eigenvalue weighted by atomic mass is 127. The van der Waals surface area contributed by atoms with Crippen molar-refractivity contribution in [2.24, 2.45) is 5.16 Å². The Kier molecular flexibility index (Phi) is 6.44. The molecule has 0 fully saturated rings. The molecule has 0 saturated heterocycles. The van der Waals surface area contributed by atoms with Crippen LogP contribution in [0, 0.1) is 27.9 Å². The molecule has 2 aromatic rings. The Morgan fingerprint density at radius 2 is 2.00 bits per heavy atom. The monoisotopic (exact) mass is 450 g/mol. The molecule has 0 saturated carbocycles. The molecule has 0 aliphatic rings. The van der Waals surface area contributed by atoms with Crippen molar-refractivity contribution >= 4 is 40.2 Å². The summed E-state index contributed by atoms with van der Waals surface area (Å²) in [6, 6.07) is 6.18. The van der Waals surface area contributed by atoms with Crippen LogP contribution >= 0.6 is 22.6 Å². The van der Waals surface area contributed by atoms with E-state index < -0.39 is 17.5 Å². The molecule has 0 aliphatic heterocycles. The first-order valence-corrected chi connectivity index (χ1v) is 7.98. The molecule has 24 heavy (non-hydrogen) atoms. The maximum Gasteiger partial charge on any atom is 0.196 e. The van der Waals surface area contributed by atoms with Crippen LogP contribution in [0.4, 0.5) is 24.5 Å². The maximum absolute atomic E-state index is 14.2. The summed E-state index contributed by atoms with van der Waals surface area (Å²) in [5.41, 5.74) is 1.08. The van der Waals surface area contributed by atoms with Crippen molar-refractivity contribution < 1.29 is 23.1 Å². The van der Waals surface area contributed by atoms with E-state index in [0.717, 1.165) is 21.4 Å². The predicted molar refractivity (Wildman–Crippen MR) is 94.1 cm³/mol. The molecular weight excluding hydrogens is 436 g/mol. The molecule has 0 bridgehead atoms. The zero-order valence-corrected chi connectivity index (χ0v) is 14.8. The maximum atomic E-state index is 14.2. The molecule has 8 heteroatoms. The second-order valence-corrected chi connectivity index (χ2v) is 6.07. The molecule has 0 aromatic heterocycles. The van der Waals surface area contributed by atoms with Crippen molar-refractivity contribution in [1.29, 1.82) is 0 Å². The van der Waals surface area contributed by atoms with Crippen molar-refractivity contribution in [3.05, 3.63) is 56.4 Å². The zero-order chi connectivity index (χ0) is 17.7. The van der Waals surface area contributed by atoms with Crippen molar-refractivity contribution in [1.82, 2.24) is 0 Å². The number of nitrogens with one attached hydrogen (secondary N) is 1. The van der Waals surface area contributed by atoms with Gasteiger partial charge in [-0.25, -0.2) is 13.2 Å². The first kappa shape index (κ1) is 18.5. The smallest absolute Gasteiger partial charge is 0.196 e. The zero-order valence-electron chi connectivity index (χ0n) is 12.6. The minimum absolute atomic E-state index is 0.0257. The number of halogens is 4. The number of aliphatic hydroxyl groups is 1. The Morgan fingerprint density at radius 3 is 2.67 bits per heavy atom. The number of hydrogen-bond donors (Lipinski definition) is 2. The number of rotatable bonds is 6. The minimum Gasteiger partial charge on any atom is -0.393 e. The molecule has 0 radical (unpaired) electrons. The fourth-order valence-electron chi connectivity index (χ4n) is 1.93. The largest absolute Gasteiger partial charge is 0.393 e. The van der Waals surface area contributed by atoms with Crippen molar-refractivity contribution in [3.63, 3.8) is 0 Å². The molecule has 0 amide bonds. The van der Waals surface area contributed by atoms with E-state index in [0.29, 0.717) is 5.69 Å². The second-order valence-electron chi connectivity index (χ2n) is 4.83. The van der Waals surface area contributed by atoms with Gasteiger partial charge in [-0.3, -0.25) is 0 Å². The molecule has 128 valence electrons. The minimum atomic E-state index is -1.57. The van der Waals surface area contributed by atoms with Crippen LogP contribution in [0.15, 0.2) is 29.4 Å². The van der Waals surface area contributed by atoms with Gasteiger partial charge in [0.1, 0.15) is 6.61 Å². The molecule has 0 spiro atoms. The van der Waals surface area contributed by atoms with E-state index in [4.69, 9.17) is 9.94 Å². The van der Waals surface area contributed by atoms with Gasteiger partial charge in [-0.05, 0) is 59.3 Å². The van der Waals surface area contributed by atoms with E-state index in [1.807, 2.05) is 6.07 Å². The molecule has 0 unspecified atom stereocenters. The van der Waals surface area contributed by atoms with Crippen LogP contribution in [-0.2, 0) is 4.84 Å². The van der Waals surface area contributed by atoms with E-state index in [-0.39, 0.29) is 24.5 Å². The van der Waals surface area contributed by atoms with Crippen molar-refractivity contribution in [3.8, 4) is 0 Å². The van der Waals surface area contributed by atoms with Gasteiger partial charge in [0, 0.05) is 14.8 Å². The van der Waals surface area contributed by atoms with Crippen LogP contribution in [0.5, 0.6) is 0 Å². The fraction of sp³-hybridized carbons (Fsp3) is 0.188. The number of aryl methyl sites for hydroxylation is 1. The normalized spacial score (nSPS) is 11.1. The van der Waals surface area contributed by atoms with Gasteiger partial charge in [0.05, 0.1) is 18.5 Å². The lowest BCUT2D eigenvalue weighted by atomic mass is 10.1. The highest BCUT2D eigenvalue weighted by Crippen LogP contribution is 2.29. The van der Waals surface area contributed by atoms with Crippen LogP contribution in [0.2, 0.25) is 0 Å². The molecule has 0 aliphatic carbocycles. The second kappa shape index (κ2) is 8.34. The van der Waals surface area contributed by atoms with Gasteiger partial charge in [-0.1, -0.05) is 5.16 Å². The Balaban J connectivity index is 2.42. The van der Waals surface area contributed by atoms with Gasteiger partial charge in [0.25, 0.3) is 0 Å². The number of aliphatic hydroxyl groups excluding tert-OH is 1. The lowest BCUT2D eigenvalue weighted by Gasteiger charge is -2.14. The van der Waals surface area contributed by atoms with Crippen molar-refractivity contribution in [2.45, 2.75) is 6.92 Å². The summed E-state index contributed by atoms with van der Waals surface area (Å²) >= 11 is 2.13. The Bertz CT molecular complexity index is 769. The van der Waals surface area contributed by atoms with Gasteiger partial charge in [0.2, 0.25) is 0 Å². The third-order valence-corrected chi connectivity index (χ3v) is 3.76. The topological polar surface area (TPSA) is 53.9 Å². The number of hydrogen-bond acceptors (Lipinski definition) is 4. The van der Waals surface area contributed by atoms with E-state index in [2.05, 4.69) is 33.1 Å². The standard InChI is InChI=1S/C16H14F3IN2O2/c1-9-6-11(20)2-3-13(9)22-16-10(8-21-24-5-4-23)7-12(17)14(18)15(16)19/h2-3,6-8,22-23H,4-5H2,1H3/b21-8+. The number of anilines is 2. The van der Waals surface area contributed by atoms with Crippen LogP contribution in [0.3, 0.4) is 0 Å². The van der Waals surface area contributed by atoms with Crippen LogP contribution in [0.1, 0.15) is 11.1 Å². The average Bonchev–Trinajstić information content (AvgIpc) is 2.54. The Labute approximate surface area is 150 Å². The number of benzene rings is 2. The van der Waals surface area contributed by atoms with Crippen LogP contribution in [0.25, 0.3) is 0 Å². The third-order valence-electron chi connectivity index (χ3n) is 3.09. The fourth-order valence-corrected chi connectivity index (χ4v) is 2.58. The van der Waals surface area contributed by atoms with E-state index >= 15 is 0 Å². The summed E-state index contributed by atoms with van der Waals surface area (Å²) in [5, 5.41) is 14.9. The average molecular weight is 450 g/mol. The van der Waals surface area contributed by atoms with Crippen LogP contribution in [-0.4, -0.2) is 24.5 Å². The van der Waals surface area contributed by atoms with Gasteiger partial charge in [0.15, 0.2) is 17.5 Å². The molecular formula is C16H14F3IN2O2. The molecule has 2 N–H and O–H groups in total. The molecule has 4 nitrogen and oxygen atoms in total. The van der Waals surface area contributed by atoms with Gasteiger partial charge in [-0.2, -0.15) is 0 Å². The van der Waals surface area contributed by atoms with E-state index in [9.17, 15) is 13.2 Å². The van der Waals surface area contributed by atoms with E-state index in [1.54, 1.807) is 19.1 Å². The Morgan fingerprint density at radius 1 is 1.25 bits per heavy atom. The highest BCUT2D eigenvalue weighted by molar-refractivity contribution is 14.1. The Hall–Kier alpha value is -1.81. The van der Waals surface area contributed by atoms with Gasteiger partial charge < -0.3 is 15.3 Å². The number of oxime groups is 1. The quantitative estimate of drug-likeness (QED) is 0.229. The molecule has 0 atom stereocenters. The van der Waals surface area contributed by atoms with E-state index in [1.165, 1.54) is 0 Å². The molecule has 0 heterocycles. The summed E-state index contributed by atoms with van der Waals surface area (Å²) in [5.74, 6) is -4.26. The SMILES string of the molecule is Cc1cc(I)ccc1Nc1c(/C=N/OCCO)cc(F)c(F)c1F. The third kappa shape index (κ3) is 4.38. The predicted octanol–water partition coefficient (Wildman–Crippen LogP) is 4.10. The summed E-state index contributed by atoms with van der Waals surface area (Å²) in [6.45, 7) is 1.48. The summed E-state index contributed by atoms with van der Waals surface area (Å²) in [4.78, 5) is 4.69. The summed E-state index contributed by atoms with van der Waals surface area (Å²) < 4.78 is 42.2. The molecule has 2 rings (SSSR count). The first-order valence-electron chi connectivity index (χ1n) is 6.91. The van der Waals surface area contributed by atoms with Crippen molar-refractivity contribution in [2.75, 3.05) is 18.5 Å².